The van der Waals surface area contributed by atoms with Gasteiger partial charge in [0.15, 0.2) is 5.16 Å². The molecule has 0 bridgehead atoms. The fourth-order valence-electron chi connectivity index (χ4n) is 2.21. The number of nitrogens with zero attached hydrogens (tertiary/aromatic N) is 3. The van der Waals surface area contributed by atoms with Crippen LogP contribution in [0.15, 0.2) is 23.4 Å². The van der Waals surface area contributed by atoms with Crippen LogP contribution in [0.5, 0.6) is 0 Å². The third kappa shape index (κ3) is 5.47. The van der Waals surface area contributed by atoms with E-state index in [4.69, 9.17) is 17.3 Å². The van der Waals surface area contributed by atoms with E-state index < -0.39 is 0 Å². The van der Waals surface area contributed by atoms with E-state index in [2.05, 4.69) is 15.5 Å². The highest BCUT2D eigenvalue weighted by Crippen LogP contribution is 2.22. The highest BCUT2D eigenvalue weighted by molar-refractivity contribution is 7.99. The van der Waals surface area contributed by atoms with E-state index in [1.54, 1.807) is 12.1 Å². The molecular weight excluding hydrogens is 362 g/mol. The first kappa shape index (κ1) is 19.3. The van der Waals surface area contributed by atoms with Gasteiger partial charge in [-0.25, -0.2) is 0 Å². The fourth-order valence-corrected chi connectivity index (χ4v) is 3.20. The molecule has 1 heterocycles. The molecule has 134 valence electrons. The molecule has 0 radical (unpaired) electrons. The molecule has 3 N–H and O–H groups in total. The van der Waals surface area contributed by atoms with Crippen molar-refractivity contribution in [1.82, 2.24) is 14.8 Å². The van der Waals surface area contributed by atoms with Gasteiger partial charge in [-0.2, -0.15) is 0 Å². The number of primary amides is 1. The molecule has 0 aliphatic heterocycles. The number of aryl methyl sites for hydroxylation is 2. The number of aromatic nitrogens is 3. The largest absolute Gasteiger partial charge is 0.370 e. The molecule has 0 unspecified atom stereocenters. The number of benzene rings is 1. The van der Waals surface area contributed by atoms with Crippen molar-refractivity contribution in [3.05, 3.63) is 34.6 Å². The van der Waals surface area contributed by atoms with Crippen LogP contribution in [0.3, 0.4) is 0 Å². The van der Waals surface area contributed by atoms with Crippen LogP contribution in [0.4, 0.5) is 5.69 Å². The van der Waals surface area contributed by atoms with Gasteiger partial charge in [0.05, 0.1) is 5.75 Å². The van der Waals surface area contributed by atoms with E-state index in [1.807, 2.05) is 24.5 Å². The minimum Gasteiger partial charge on any atom is -0.370 e. The summed E-state index contributed by atoms with van der Waals surface area (Å²) in [6.07, 6.45) is 0.655. The number of nitrogens with two attached hydrogens (primary N) is 1. The minimum absolute atomic E-state index is 0.153. The summed E-state index contributed by atoms with van der Waals surface area (Å²) < 4.78 is 1.88. The van der Waals surface area contributed by atoms with E-state index in [0.717, 1.165) is 5.56 Å². The summed E-state index contributed by atoms with van der Waals surface area (Å²) in [5, 5.41) is 12.2. The summed E-state index contributed by atoms with van der Waals surface area (Å²) in [5.74, 6) is 0.352. The number of carbonyl (C=O) groups excluding carboxylic acids is 2. The second-order valence-corrected chi connectivity index (χ2v) is 6.78. The zero-order chi connectivity index (χ0) is 18.4. The van der Waals surface area contributed by atoms with Gasteiger partial charge in [0.1, 0.15) is 5.82 Å². The molecule has 1 aromatic carbocycles. The van der Waals surface area contributed by atoms with Gasteiger partial charge in [-0.3, -0.25) is 9.59 Å². The molecule has 0 spiro atoms. The molecule has 0 atom stereocenters. The quantitative estimate of drug-likeness (QED) is 0.683. The Balaban J connectivity index is 1.97. The van der Waals surface area contributed by atoms with Crippen molar-refractivity contribution >= 4 is 40.9 Å². The molecule has 0 saturated carbocycles. The van der Waals surface area contributed by atoms with Gasteiger partial charge in [0.25, 0.3) is 0 Å². The van der Waals surface area contributed by atoms with E-state index in [9.17, 15) is 9.59 Å². The molecule has 0 fully saturated rings. The summed E-state index contributed by atoms with van der Waals surface area (Å²) in [6, 6.07) is 5.35. The zero-order valence-electron chi connectivity index (χ0n) is 14.1. The summed E-state index contributed by atoms with van der Waals surface area (Å²) in [5.41, 5.74) is 6.80. The van der Waals surface area contributed by atoms with Crippen molar-refractivity contribution in [2.45, 2.75) is 38.4 Å². The molecule has 7 nitrogen and oxygen atoms in total. The van der Waals surface area contributed by atoms with Crippen molar-refractivity contribution in [3.63, 3.8) is 0 Å². The maximum atomic E-state index is 12.2. The van der Waals surface area contributed by atoms with Crippen LogP contribution >= 0.6 is 23.4 Å². The van der Waals surface area contributed by atoms with Crippen LogP contribution < -0.4 is 11.1 Å². The number of hydrogen-bond acceptors (Lipinski definition) is 5. The highest BCUT2D eigenvalue weighted by atomic mass is 35.5. The van der Waals surface area contributed by atoms with Crippen molar-refractivity contribution in [2.75, 3.05) is 11.1 Å². The van der Waals surface area contributed by atoms with Gasteiger partial charge in [-0.05, 0) is 31.5 Å². The van der Waals surface area contributed by atoms with Crippen molar-refractivity contribution in [1.29, 1.82) is 0 Å². The van der Waals surface area contributed by atoms with Gasteiger partial charge < -0.3 is 15.6 Å². The maximum Gasteiger partial charge on any atom is 0.234 e. The van der Waals surface area contributed by atoms with Gasteiger partial charge in [0, 0.05) is 30.1 Å². The monoisotopic (exact) mass is 381 g/mol. The molecule has 9 heteroatoms. The van der Waals surface area contributed by atoms with E-state index in [0.29, 0.717) is 34.7 Å². The summed E-state index contributed by atoms with van der Waals surface area (Å²) in [4.78, 5) is 23.1. The van der Waals surface area contributed by atoms with Gasteiger partial charge in [-0.15, -0.1) is 10.2 Å². The van der Waals surface area contributed by atoms with Gasteiger partial charge >= 0.3 is 0 Å². The van der Waals surface area contributed by atoms with Gasteiger partial charge in [0.2, 0.25) is 11.8 Å². The Morgan fingerprint density at radius 2 is 2.12 bits per heavy atom. The van der Waals surface area contributed by atoms with E-state index in [-0.39, 0.29) is 24.0 Å². The lowest BCUT2D eigenvalue weighted by atomic mass is 10.2. The van der Waals surface area contributed by atoms with Crippen molar-refractivity contribution < 1.29 is 9.59 Å². The fraction of sp³-hybridized carbons (Fsp3) is 0.375. The number of amides is 2. The van der Waals surface area contributed by atoms with Gasteiger partial charge in [-0.1, -0.05) is 29.4 Å². The summed E-state index contributed by atoms with van der Waals surface area (Å²) in [6.45, 7) is 4.51. The topological polar surface area (TPSA) is 103 Å². The van der Waals surface area contributed by atoms with Crippen LogP contribution in [0.2, 0.25) is 5.02 Å². The second kappa shape index (κ2) is 8.87. The standard InChI is InChI=1S/C16H20ClN5O2S/c1-3-22-14(7-6-13(18)23)20-21-16(22)25-9-15(24)19-12-8-11(17)5-4-10(12)2/h4-5,8H,3,6-7,9H2,1-2H3,(H2,18,23)(H,19,24). The highest BCUT2D eigenvalue weighted by Gasteiger charge is 2.14. The zero-order valence-corrected chi connectivity index (χ0v) is 15.7. The molecule has 0 aliphatic carbocycles. The van der Waals surface area contributed by atoms with Crippen LogP contribution in [0.25, 0.3) is 0 Å². The Morgan fingerprint density at radius 1 is 1.36 bits per heavy atom. The Hall–Kier alpha value is -2.06. The molecule has 1 aromatic heterocycles. The first-order chi connectivity index (χ1) is 11.9. The molecule has 25 heavy (non-hydrogen) atoms. The number of nitrogens with one attached hydrogen (secondary N) is 1. The van der Waals surface area contributed by atoms with Crippen LogP contribution in [0.1, 0.15) is 24.7 Å². The predicted octanol–water partition coefficient (Wildman–Crippen LogP) is 2.41. The Morgan fingerprint density at radius 3 is 2.80 bits per heavy atom. The number of carbonyl (C=O) groups is 2. The first-order valence-corrected chi connectivity index (χ1v) is 9.16. The number of thioether (sulfide) groups is 1. The molecule has 2 amide bonds. The Bertz CT molecular complexity index is 778. The lowest BCUT2D eigenvalue weighted by Gasteiger charge is -2.09. The lowest BCUT2D eigenvalue weighted by molar-refractivity contribution is -0.118. The minimum atomic E-state index is -0.379. The molecular formula is C16H20ClN5O2S. The predicted molar refractivity (Wildman–Crippen MR) is 98.8 cm³/mol. The average Bonchev–Trinajstić information content (AvgIpc) is 2.96. The number of hydrogen-bond donors (Lipinski definition) is 2. The van der Waals surface area contributed by atoms with Crippen LogP contribution in [0, 0.1) is 6.92 Å². The summed E-state index contributed by atoms with van der Waals surface area (Å²) >= 11 is 7.25. The third-order valence-electron chi connectivity index (χ3n) is 3.51. The molecule has 0 saturated heterocycles. The molecule has 0 aliphatic rings. The van der Waals surface area contributed by atoms with Crippen LogP contribution in [-0.2, 0) is 22.6 Å². The Kier molecular flexibility index (Phi) is 6.83. The van der Waals surface area contributed by atoms with E-state index in [1.165, 1.54) is 11.8 Å². The maximum absolute atomic E-state index is 12.2. The van der Waals surface area contributed by atoms with Crippen molar-refractivity contribution in [2.24, 2.45) is 5.73 Å². The number of anilines is 1. The number of rotatable bonds is 8. The summed E-state index contributed by atoms with van der Waals surface area (Å²) in [7, 11) is 0. The molecule has 2 rings (SSSR count). The number of halogens is 1. The average molecular weight is 382 g/mol. The normalized spacial score (nSPS) is 10.7. The van der Waals surface area contributed by atoms with Crippen LogP contribution in [-0.4, -0.2) is 32.3 Å². The lowest BCUT2D eigenvalue weighted by Crippen LogP contribution is -2.16. The first-order valence-electron chi connectivity index (χ1n) is 7.80. The second-order valence-electron chi connectivity index (χ2n) is 5.41. The molecule has 2 aromatic rings. The SMILES string of the molecule is CCn1c(CCC(N)=O)nnc1SCC(=O)Nc1cc(Cl)ccc1C. The van der Waals surface area contributed by atoms with E-state index >= 15 is 0 Å². The third-order valence-corrected chi connectivity index (χ3v) is 4.71. The smallest absolute Gasteiger partial charge is 0.234 e. The Labute approximate surface area is 155 Å². The van der Waals surface area contributed by atoms with Crippen molar-refractivity contribution in [3.8, 4) is 0 Å².